The number of carbonyl (C=O) groups is 1. The number of hydrogen-bond acceptors (Lipinski definition) is 3. The van der Waals surface area contributed by atoms with Gasteiger partial charge in [-0.05, 0) is 42.8 Å². The fourth-order valence-electron chi connectivity index (χ4n) is 2.39. The summed E-state index contributed by atoms with van der Waals surface area (Å²) >= 11 is 6.06. The molecule has 1 aromatic heterocycles. The number of benzene rings is 2. The number of nitrogens with one attached hydrogen (secondary N) is 2. The molecule has 0 atom stereocenters. The van der Waals surface area contributed by atoms with Gasteiger partial charge in [0.2, 0.25) is 0 Å². The average molecular weight is 341 g/mol. The van der Waals surface area contributed by atoms with Crippen molar-refractivity contribution in [1.29, 1.82) is 0 Å². The first kappa shape index (κ1) is 16.1. The van der Waals surface area contributed by atoms with Gasteiger partial charge in [-0.25, -0.2) is 0 Å². The van der Waals surface area contributed by atoms with Gasteiger partial charge in [0.15, 0.2) is 5.76 Å². The monoisotopic (exact) mass is 340 g/mol. The minimum atomic E-state index is -0.319. The van der Waals surface area contributed by atoms with Crippen LogP contribution in [0.25, 0.3) is 0 Å². The van der Waals surface area contributed by atoms with Crippen molar-refractivity contribution in [3.63, 3.8) is 0 Å². The number of halogens is 1. The first-order valence-corrected chi connectivity index (χ1v) is 7.93. The highest BCUT2D eigenvalue weighted by Gasteiger charge is 2.12. The Bertz CT molecular complexity index is 844. The van der Waals surface area contributed by atoms with Crippen LogP contribution in [-0.4, -0.2) is 5.91 Å². The van der Waals surface area contributed by atoms with Gasteiger partial charge in [0.25, 0.3) is 5.91 Å². The molecule has 0 aliphatic heterocycles. The molecular formula is C19H17ClN2O2. The van der Waals surface area contributed by atoms with Gasteiger partial charge in [0, 0.05) is 11.6 Å². The highest BCUT2D eigenvalue weighted by Crippen LogP contribution is 2.27. The van der Waals surface area contributed by atoms with E-state index in [0.717, 1.165) is 11.3 Å². The maximum absolute atomic E-state index is 12.2. The Morgan fingerprint density at radius 2 is 1.96 bits per heavy atom. The van der Waals surface area contributed by atoms with Crippen molar-refractivity contribution >= 4 is 28.9 Å². The van der Waals surface area contributed by atoms with Gasteiger partial charge in [-0.1, -0.05) is 41.4 Å². The van der Waals surface area contributed by atoms with E-state index in [1.807, 2.05) is 12.1 Å². The molecule has 0 fully saturated rings. The molecule has 0 aliphatic rings. The SMILES string of the molecule is Cc1cccc(CNc2ccc(Cl)cc2NC(=O)c2ccco2)c1. The molecule has 0 spiro atoms. The summed E-state index contributed by atoms with van der Waals surface area (Å²) in [5.41, 5.74) is 3.77. The summed E-state index contributed by atoms with van der Waals surface area (Å²) in [6.45, 7) is 2.70. The van der Waals surface area contributed by atoms with E-state index < -0.39 is 0 Å². The van der Waals surface area contributed by atoms with Gasteiger partial charge in [-0.3, -0.25) is 4.79 Å². The molecule has 0 bridgehead atoms. The van der Waals surface area contributed by atoms with Crippen molar-refractivity contribution in [3.05, 3.63) is 82.8 Å². The molecule has 122 valence electrons. The summed E-state index contributed by atoms with van der Waals surface area (Å²) in [5, 5.41) is 6.70. The van der Waals surface area contributed by atoms with E-state index in [4.69, 9.17) is 16.0 Å². The van der Waals surface area contributed by atoms with Crippen LogP contribution < -0.4 is 10.6 Å². The van der Waals surface area contributed by atoms with Crippen LogP contribution in [-0.2, 0) is 6.54 Å². The lowest BCUT2D eigenvalue weighted by molar-refractivity contribution is 0.0996. The standard InChI is InChI=1S/C19H17ClN2O2/c1-13-4-2-5-14(10-13)12-21-16-8-7-15(20)11-17(16)22-19(23)18-6-3-9-24-18/h2-11,21H,12H2,1H3,(H,22,23). The second kappa shape index (κ2) is 7.23. The van der Waals surface area contributed by atoms with Crippen molar-refractivity contribution in [2.24, 2.45) is 0 Å². The molecule has 0 radical (unpaired) electrons. The number of furan rings is 1. The van der Waals surface area contributed by atoms with Gasteiger partial charge < -0.3 is 15.1 Å². The summed E-state index contributed by atoms with van der Waals surface area (Å²) in [6, 6.07) is 16.9. The predicted molar refractivity (Wildman–Crippen MR) is 96.6 cm³/mol. The van der Waals surface area contributed by atoms with E-state index in [2.05, 4.69) is 35.8 Å². The van der Waals surface area contributed by atoms with Gasteiger partial charge in [-0.15, -0.1) is 0 Å². The third-order valence-electron chi connectivity index (χ3n) is 3.54. The molecule has 0 aliphatic carbocycles. The molecule has 0 saturated carbocycles. The minimum absolute atomic E-state index is 0.250. The smallest absolute Gasteiger partial charge is 0.291 e. The van der Waals surface area contributed by atoms with E-state index in [-0.39, 0.29) is 11.7 Å². The van der Waals surface area contributed by atoms with Crippen molar-refractivity contribution in [3.8, 4) is 0 Å². The first-order valence-electron chi connectivity index (χ1n) is 7.55. The van der Waals surface area contributed by atoms with Crippen LogP contribution in [0.1, 0.15) is 21.7 Å². The Labute approximate surface area is 145 Å². The second-order valence-corrected chi connectivity index (χ2v) is 5.90. The van der Waals surface area contributed by atoms with Gasteiger partial charge in [0.1, 0.15) is 0 Å². The highest BCUT2D eigenvalue weighted by molar-refractivity contribution is 6.31. The zero-order chi connectivity index (χ0) is 16.9. The Balaban J connectivity index is 1.76. The van der Waals surface area contributed by atoms with E-state index in [9.17, 15) is 4.79 Å². The van der Waals surface area contributed by atoms with Crippen LogP contribution in [0.2, 0.25) is 5.02 Å². The normalized spacial score (nSPS) is 10.4. The molecular weight excluding hydrogens is 324 g/mol. The van der Waals surface area contributed by atoms with Gasteiger partial charge >= 0.3 is 0 Å². The summed E-state index contributed by atoms with van der Waals surface area (Å²) < 4.78 is 5.11. The molecule has 1 amide bonds. The van der Waals surface area contributed by atoms with E-state index in [1.54, 1.807) is 24.3 Å². The first-order chi connectivity index (χ1) is 11.6. The fourth-order valence-corrected chi connectivity index (χ4v) is 2.56. The lowest BCUT2D eigenvalue weighted by atomic mass is 10.1. The van der Waals surface area contributed by atoms with Crippen molar-refractivity contribution in [2.75, 3.05) is 10.6 Å². The van der Waals surface area contributed by atoms with Crippen LogP contribution in [0.5, 0.6) is 0 Å². The zero-order valence-electron chi connectivity index (χ0n) is 13.2. The van der Waals surface area contributed by atoms with Gasteiger partial charge in [-0.2, -0.15) is 0 Å². The number of amides is 1. The molecule has 4 nitrogen and oxygen atoms in total. The molecule has 0 saturated heterocycles. The van der Waals surface area contributed by atoms with Crippen molar-refractivity contribution in [1.82, 2.24) is 0 Å². The van der Waals surface area contributed by atoms with E-state index >= 15 is 0 Å². The Hall–Kier alpha value is -2.72. The molecule has 3 rings (SSSR count). The molecule has 5 heteroatoms. The Morgan fingerprint density at radius 1 is 1.08 bits per heavy atom. The summed E-state index contributed by atoms with van der Waals surface area (Å²) in [4.78, 5) is 12.2. The Morgan fingerprint density at radius 3 is 2.71 bits per heavy atom. The summed E-state index contributed by atoms with van der Waals surface area (Å²) in [5.74, 6) is -0.0690. The lowest BCUT2D eigenvalue weighted by Gasteiger charge is -2.13. The number of rotatable bonds is 5. The third kappa shape index (κ3) is 3.97. The molecule has 2 N–H and O–H groups in total. The van der Waals surface area contributed by atoms with Crippen LogP contribution in [0.3, 0.4) is 0 Å². The third-order valence-corrected chi connectivity index (χ3v) is 3.78. The number of aryl methyl sites for hydroxylation is 1. The van der Waals surface area contributed by atoms with Crippen LogP contribution >= 0.6 is 11.6 Å². The summed E-state index contributed by atoms with van der Waals surface area (Å²) in [7, 11) is 0. The minimum Gasteiger partial charge on any atom is -0.459 e. The predicted octanol–water partition coefficient (Wildman–Crippen LogP) is 5.11. The largest absolute Gasteiger partial charge is 0.459 e. The summed E-state index contributed by atoms with van der Waals surface area (Å²) in [6.07, 6.45) is 1.46. The molecule has 2 aromatic carbocycles. The number of anilines is 2. The second-order valence-electron chi connectivity index (χ2n) is 5.46. The Kier molecular flexibility index (Phi) is 4.87. The maximum Gasteiger partial charge on any atom is 0.291 e. The quantitative estimate of drug-likeness (QED) is 0.679. The number of hydrogen-bond donors (Lipinski definition) is 2. The lowest BCUT2D eigenvalue weighted by Crippen LogP contribution is -2.13. The zero-order valence-corrected chi connectivity index (χ0v) is 13.9. The van der Waals surface area contributed by atoms with E-state index in [1.165, 1.54) is 11.8 Å². The molecule has 24 heavy (non-hydrogen) atoms. The molecule has 1 heterocycles. The van der Waals surface area contributed by atoms with E-state index in [0.29, 0.717) is 17.3 Å². The van der Waals surface area contributed by atoms with Crippen LogP contribution in [0, 0.1) is 6.92 Å². The highest BCUT2D eigenvalue weighted by atomic mass is 35.5. The maximum atomic E-state index is 12.2. The fraction of sp³-hybridized carbons (Fsp3) is 0.105. The van der Waals surface area contributed by atoms with Gasteiger partial charge in [0.05, 0.1) is 17.6 Å². The molecule has 3 aromatic rings. The number of carbonyl (C=O) groups excluding carboxylic acids is 1. The van der Waals surface area contributed by atoms with Crippen LogP contribution in [0.4, 0.5) is 11.4 Å². The van der Waals surface area contributed by atoms with Crippen molar-refractivity contribution < 1.29 is 9.21 Å². The molecule has 0 unspecified atom stereocenters. The van der Waals surface area contributed by atoms with Crippen molar-refractivity contribution in [2.45, 2.75) is 13.5 Å². The van der Waals surface area contributed by atoms with Crippen LogP contribution in [0.15, 0.2) is 65.3 Å². The topological polar surface area (TPSA) is 54.3 Å². The average Bonchev–Trinajstić information content (AvgIpc) is 3.09.